The SMILES string of the molecule is CNC(c1cccc(Cl)c1Cl)C1(OC)CCC(C)(C)CC1. The Bertz CT molecular complexity index is 492. The molecule has 0 radical (unpaired) electrons. The number of hydrogen-bond acceptors (Lipinski definition) is 2. The number of halogens is 2. The maximum Gasteiger partial charge on any atom is 0.0873 e. The first-order chi connectivity index (χ1) is 9.85. The molecule has 4 heteroatoms. The fourth-order valence-corrected chi connectivity index (χ4v) is 3.82. The summed E-state index contributed by atoms with van der Waals surface area (Å²) >= 11 is 12.6. The van der Waals surface area contributed by atoms with Crippen molar-refractivity contribution >= 4 is 23.2 Å². The molecule has 2 nitrogen and oxygen atoms in total. The lowest BCUT2D eigenvalue weighted by Gasteiger charge is -2.47. The first kappa shape index (κ1) is 17.1. The van der Waals surface area contributed by atoms with Gasteiger partial charge in [-0.05, 0) is 49.8 Å². The van der Waals surface area contributed by atoms with Gasteiger partial charge in [-0.1, -0.05) is 49.2 Å². The van der Waals surface area contributed by atoms with E-state index in [-0.39, 0.29) is 11.6 Å². The van der Waals surface area contributed by atoms with E-state index in [0.717, 1.165) is 31.2 Å². The molecule has 2 rings (SSSR count). The predicted molar refractivity (Wildman–Crippen MR) is 90.3 cm³/mol. The van der Waals surface area contributed by atoms with Crippen molar-refractivity contribution in [1.29, 1.82) is 0 Å². The minimum atomic E-state index is -0.224. The van der Waals surface area contributed by atoms with Crippen LogP contribution in [-0.2, 0) is 4.74 Å². The number of nitrogens with one attached hydrogen (secondary N) is 1. The third-order valence-electron chi connectivity index (χ3n) is 4.96. The summed E-state index contributed by atoms with van der Waals surface area (Å²) in [5.74, 6) is 0. The van der Waals surface area contributed by atoms with Crippen molar-refractivity contribution in [2.45, 2.75) is 51.2 Å². The fraction of sp³-hybridized carbons (Fsp3) is 0.647. The number of hydrogen-bond donors (Lipinski definition) is 1. The highest BCUT2D eigenvalue weighted by Crippen LogP contribution is 2.48. The second-order valence-corrected chi connectivity index (χ2v) is 7.58. The summed E-state index contributed by atoms with van der Waals surface area (Å²) in [5.41, 5.74) is 1.19. The third kappa shape index (κ3) is 3.39. The van der Waals surface area contributed by atoms with Gasteiger partial charge in [0.15, 0.2) is 0 Å². The van der Waals surface area contributed by atoms with Crippen LogP contribution in [0.2, 0.25) is 10.0 Å². The highest BCUT2D eigenvalue weighted by molar-refractivity contribution is 6.42. The summed E-state index contributed by atoms with van der Waals surface area (Å²) in [4.78, 5) is 0. The van der Waals surface area contributed by atoms with Crippen molar-refractivity contribution in [3.8, 4) is 0 Å². The smallest absolute Gasteiger partial charge is 0.0873 e. The molecule has 0 bridgehead atoms. The highest BCUT2D eigenvalue weighted by atomic mass is 35.5. The molecule has 0 aliphatic heterocycles. The van der Waals surface area contributed by atoms with E-state index in [1.165, 1.54) is 0 Å². The van der Waals surface area contributed by atoms with Gasteiger partial charge in [0.1, 0.15) is 0 Å². The topological polar surface area (TPSA) is 21.3 Å². The summed E-state index contributed by atoms with van der Waals surface area (Å²) in [6, 6.07) is 5.86. The molecule has 0 amide bonds. The highest BCUT2D eigenvalue weighted by Gasteiger charge is 2.45. The van der Waals surface area contributed by atoms with Crippen molar-refractivity contribution in [2.24, 2.45) is 5.41 Å². The summed E-state index contributed by atoms with van der Waals surface area (Å²) < 4.78 is 6.01. The number of rotatable bonds is 4. The standard InChI is InChI=1S/C17H25Cl2NO/c1-16(2)8-10-17(21-4,11-9-16)15(20-3)12-6-5-7-13(18)14(12)19/h5-7,15,20H,8-11H2,1-4H3. The molecule has 0 spiro atoms. The van der Waals surface area contributed by atoms with Gasteiger partial charge in [0, 0.05) is 7.11 Å². The Morgan fingerprint density at radius 1 is 1.14 bits per heavy atom. The van der Waals surface area contributed by atoms with Crippen LogP contribution < -0.4 is 5.32 Å². The van der Waals surface area contributed by atoms with Crippen molar-refractivity contribution < 1.29 is 4.74 Å². The molecule has 1 saturated carbocycles. The molecule has 0 aromatic heterocycles. The Hall–Kier alpha value is -0.280. The normalized spacial score (nSPS) is 22.0. The Labute approximate surface area is 138 Å². The first-order valence-electron chi connectivity index (χ1n) is 7.51. The van der Waals surface area contributed by atoms with E-state index in [2.05, 4.69) is 19.2 Å². The van der Waals surface area contributed by atoms with Crippen LogP contribution in [0.4, 0.5) is 0 Å². The largest absolute Gasteiger partial charge is 0.376 e. The first-order valence-corrected chi connectivity index (χ1v) is 8.27. The van der Waals surface area contributed by atoms with Gasteiger partial charge in [-0.15, -0.1) is 0 Å². The average Bonchev–Trinajstić information content (AvgIpc) is 2.46. The molecule has 1 aliphatic rings. The molecular formula is C17H25Cl2NO. The van der Waals surface area contributed by atoms with Gasteiger partial charge >= 0.3 is 0 Å². The predicted octanol–water partition coefficient (Wildman–Crippen LogP) is 5.24. The van der Waals surface area contributed by atoms with Gasteiger partial charge in [-0.25, -0.2) is 0 Å². The summed E-state index contributed by atoms with van der Waals surface area (Å²) in [6.07, 6.45) is 4.34. The van der Waals surface area contributed by atoms with Crippen LogP contribution in [-0.4, -0.2) is 19.8 Å². The van der Waals surface area contributed by atoms with Crippen molar-refractivity contribution in [3.63, 3.8) is 0 Å². The Kier molecular flexibility index (Phi) is 5.25. The Balaban J connectivity index is 2.37. The zero-order valence-corrected chi connectivity index (χ0v) is 14.8. The van der Waals surface area contributed by atoms with Gasteiger partial charge in [0.05, 0.1) is 21.7 Å². The Morgan fingerprint density at radius 3 is 2.29 bits per heavy atom. The van der Waals surface area contributed by atoms with Crippen LogP contribution in [0.1, 0.15) is 51.1 Å². The van der Waals surface area contributed by atoms with E-state index >= 15 is 0 Å². The van der Waals surface area contributed by atoms with E-state index in [9.17, 15) is 0 Å². The van der Waals surface area contributed by atoms with Crippen LogP contribution in [0.5, 0.6) is 0 Å². The number of ether oxygens (including phenoxy) is 1. The van der Waals surface area contributed by atoms with E-state index in [4.69, 9.17) is 27.9 Å². The molecule has 21 heavy (non-hydrogen) atoms. The van der Waals surface area contributed by atoms with E-state index in [0.29, 0.717) is 15.5 Å². The van der Waals surface area contributed by atoms with E-state index in [1.54, 1.807) is 7.11 Å². The maximum atomic E-state index is 6.43. The van der Waals surface area contributed by atoms with Crippen molar-refractivity contribution in [2.75, 3.05) is 14.2 Å². The molecule has 0 heterocycles. The zero-order chi connectivity index (χ0) is 15.7. The number of likely N-dealkylation sites (N-methyl/N-ethyl adjacent to an activating group) is 1. The van der Waals surface area contributed by atoms with Crippen molar-refractivity contribution in [3.05, 3.63) is 33.8 Å². The lowest BCUT2D eigenvalue weighted by atomic mass is 9.67. The van der Waals surface area contributed by atoms with Crippen LogP contribution >= 0.6 is 23.2 Å². The second kappa shape index (κ2) is 6.45. The van der Waals surface area contributed by atoms with Crippen molar-refractivity contribution in [1.82, 2.24) is 5.32 Å². The Morgan fingerprint density at radius 2 is 1.76 bits per heavy atom. The third-order valence-corrected chi connectivity index (χ3v) is 5.80. The molecule has 1 aromatic rings. The van der Waals surface area contributed by atoms with Gasteiger partial charge < -0.3 is 10.1 Å². The monoisotopic (exact) mass is 329 g/mol. The second-order valence-electron chi connectivity index (χ2n) is 6.80. The number of methoxy groups -OCH3 is 1. The molecule has 1 fully saturated rings. The summed E-state index contributed by atoms with van der Waals surface area (Å²) in [6.45, 7) is 4.65. The molecule has 1 aromatic carbocycles. The van der Waals surface area contributed by atoms with Gasteiger partial charge in [0.2, 0.25) is 0 Å². The van der Waals surface area contributed by atoms with Gasteiger partial charge in [0.25, 0.3) is 0 Å². The molecule has 1 aliphatic carbocycles. The summed E-state index contributed by atoms with van der Waals surface area (Å²) in [5, 5.41) is 4.63. The van der Waals surface area contributed by atoms with Crippen LogP contribution in [0.15, 0.2) is 18.2 Å². The summed E-state index contributed by atoms with van der Waals surface area (Å²) in [7, 11) is 3.77. The maximum absolute atomic E-state index is 6.43. The van der Waals surface area contributed by atoms with Crippen LogP contribution in [0.3, 0.4) is 0 Å². The molecule has 1 unspecified atom stereocenters. The number of benzene rings is 1. The quantitative estimate of drug-likeness (QED) is 0.815. The zero-order valence-electron chi connectivity index (χ0n) is 13.3. The van der Waals surface area contributed by atoms with Gasteiger partial charge in [-0.3, -0.25) is 0 Å². The lowest BCUT2D eigenvalue weighted by Crippen LogP contribution is -2.48. The molecule has 1 atom stereocenters. The molecule has 118 valence electrons. The van der Waals surface area contributed by atoms with E-state index < -0.39 is 0 Å². The average molecular weight is 330 g/mol. The molecule has 0 saturated heterocycles. The minimum Gasteiger partial charge on any atom is -0.376 e. The van der Waals surface area contributed by atoms with E-state index in [1.807, 2.05) is 25.2 Å². The minimum absolute atomic E-state index is 0.0461. The lowest BCUT2D eigenvalue weighted by molar-refractivity contribution is -0.0861. The van der Waals surface area contributed by atoms with Gasteiger partial charge in [-0.2, -0.15) is 0 Å². The van der Waals surface area contributed by atoms with Crippen LogP contribution in [0, 0.1) is 5.41 Å². The molecule has 1 N–H and O–H groups in total. The fourth-order valence-electron chi connectivity index (χ4n) is 3.41. The molecular weight excluding hydrogens is 305 g/mol. The van der Waals surface area contributed by atoms with Crippen LogP contribution in [0.25, 0.3) is 0 Å².